The Hall–Kier alpha value is -0.920. The van der Waals surface area contributed by atoms with Crippen molar-refractivity contribution in [3.05, 3.63) is 58.8 Å². The molecule has 2 aromatic rings. The first-order chi connectivity index (χ1) is 13.4. The van der Waals surface area contributed by atoms with E-state index in [-0.39, 0.29) is 18.6 Å². The minimum atomic E-state index is -4.79. The van der Waals surface area contributed by atoms with Crippen molar-refractivity contribution in [3.63, 3.8) is 0 Å². The zero-order valence-electron chi connectivity index (χ0n) is 13.6. The Bertz CT molecular complexity index is 1090. The number of carbonyl (C=O) groups is 2. The molecule has 154 valence electrons. The standard InChI is InChI=1S/C16H7F2I3O7S/c17-12(15(22)27-8-3-1-7(19)2-4-8)13(18)16(23)28-9-5-10(20)14(11(21)6-9)29(24,25)26/h1-6H,(H,24,25,26)/p-1/b13-12-. The average molecular weight is 761 g/mol. The van der Waals surface area contributed by atoms with E-state index in [1.807, 2.05) is 22.6 Å². The Morgan fingerprint density at radius 3 is 1.66 bits per heavy atom. The molecule has 0 aliphatic carbocycles. The summed E-state index contributed by atoms with van der Waals surface area (Å²) in [4.78, 5) is 22.9. The minimum absolute atomic E-state index is 0.0646. The lowest BCUT2D eigenvalue weighted by Crippen LogP contribution is -2.16. The van der Waals surface area contributed by atoms with Gasteiger partial charge in [-0.1, -0.05) is 0 Å². The van der Waals surface area contributed by atoms with E-state index in [1.165, 1.54) is 57.3 Å². The maximum absolute atomic E-state index is 13.9. The van der Waals surface area contributed by atoms with Crippen LogP contribution in [0.5, 0.6) is 11.5 Å². The summed E-state index contributed by atoms with van der Waals surface area (Å²) < 4.78 is 71.3. The van der Waals surface area contributed by atoms with Crippen LogP contribution in [0.3, 0.4) is 0 Å². The number of hydrogen-bond donors (Lipinski definition) is 0. The third kappa shape index (κ3) is 6.53. The van der Waals surface area contributed by atoms with Gasteiger partial charge in [-0.3, -0.25) is 0 Å². The van der Waals surface area contributed by atoms with E-state index in [2.05, 4.69) is 9.47 Å². The van der Waals surface area contributed by atoms with Gasteiger partial charge in [-0.15, -0.1) is 0 Å². The Kier molecular flexibility index (Phi) is 8.33. The van der Waals surface area contributed by atoms with Crippen LogP contribution >= 0.6 is 67.8 Å². The predicted octanol–water partition coefficient (Wildman–Crippen LogP) is 4.07. The summed E-state index contributed by atoms with van der Waals surface area (Å²) in [6, 6.07) is 7.76. The highest BCUT2D eigenvalue weighted by Gasteiger charge is 2.26. The summed E-state index contributed by atoms with van der Waals surface area (Å²) in [6.07, 6.45) is 0. The second kappa shape index (κ2) is 9.92. The third-order valence-electron chi connectivity index (χ3n) is 3.01. The van der Waals surface area contributed by atoms with E-state index in [4.69, 9.17) is 0 Å². The molecule has 0 heterocycles. The molecule has 0 N–H and O–H groups in total. The fourth-order valence-corrected chi connectivity index (χ4v) is 6.10. The molecular weight excluding hydrogens is 755 g/mol. The van der Waals surface area contributed by atoms with E-state index in [0.29, 0.717) is 0 Å². The van der Waals surface area contributed by atoms with Crippen LogP contribution in [0.15, 0.2) is 52.9 Å². The molecule has 0 spiro atoms. The van der Waals surface area contributed by atoms with Gasteiger partial charge in [0, 0.05) is 10.7 Å². The fourth-order valence-electron chi connectivity index (χ4n) is 1.82. The lowest BCUT2D eigenvalue weighted by Gasteiger charge is -2.13. The number of benzene rings is 2. The zero-order chi connectivity index (χ0) is 21.9. The largest absolute Gasteiger partial charge is 0.744 e. The first-order valence-electron chi connectivity index (χ1n) is 7.10. The normalized spacial score (nSPS) is 12.2. The highest BCUT2D eigenvalue weighted by Crippen LogP contribution is 2.29. The van der Waals surface area contributed by atoms with Crippen LogP contribution in [0.2, 0.25) is 0 Å². The van der Waals surface area contributed by atoms with Gasteiger partial charge < -0.3 is 14.0 Å². The highest BCUT2D eigenvalue weighted by atomic mass is 127. The molecule has 13 heteroatoms. The summed E-state index contributed by atoms with van der Waals surface area (Å²) >= 11 is 5.01. The van der Waals surface area contributed by atoms with Gasteiger partial charge in [0.15, 0.2) is 0 Å². The van der Waals surface area contributed by atoms with Crippen LogP contribution < -0.4 is 9.47 Å². The molecule has 29 heavy (non-hydrogen) atoms. The summed E-state index contributed by atoms with van der Waals surface area (Å²) in [5.74, 6) is -8.23. The van der Waals surface area contributed by atoms with Gasteiger partial charge in [-0.2, -0.15) is 8.78 Å². The van der Waals surface area contributed by atoms with Crippen molar-refractivity contribution in [2.24, 2.45) is 0 Å². The van der Waals surface area contributed by atoms with Crippen molar-refractivity contribution in [2.45, 2.75) is 4.90 Å². The van der Waals surface area contributed by atoms with E-state index < -0.39 is 38.6 Å². The van der Waals surface area contributed by atoms with Gasteiger partial charge >= 0.3 is 11.9 Å². The molecule has 0 unspecified atom stereocenters. The molecule has 7 nitrogen and oxygen atoms in total. The third-order valence-corrected chi connectivity index (χ3v) is 7.10. The molecule has 0 aliphatic rings. The van der Waals surface area contributed by atoms with Crippen LogP contribution in [-0.4, -0.2) is 24.9 Å². The summed E-state index contributed by atoms with van der Waals surface area (Å²) in [5, 5.41) is 0. The van der Waals surface area contributed by atoms with Gasteiger partial charge in [-0.25, -0.2) is 18.0 Å². The number of esters is 2. The lowest BCUT2D eigenvalue weighted by atomic mass is 10.3. The van der Waals surface area contributed by atoms with Crippen molar-refractivity contribution >= 4 is 89.8 Å². The summed E-state index contributed by atoms with van der Waals surface area (Å²) in [5.41, 5.74) is 0. The van der Waals surface area contributed by atoms with Gasteiger partial charge in [0.25, 0.3) is 11.7 Å². The highest BCUT2D eigenvalue weighted by molar-refractivity contribution is 14.1. The Morgan fingerprint density at radius 1 is 0.828 bits per heavy atom. The van der Waals surface area contributed by atoms with Crippen LogP contribution in [0.25, 0.3) is 0 Å². The predicted molar refractivity (Wildman–Crippen MR) is 120 cm³/mol. The summed E-state index contributed by atoms with van der Waals surface area (Å²) in [6.45, 7) is 0. The number of halogens is 5. The molecule has 0 amide bonds. The molecule has 0 radical (unpaired) electrons. The molecule has 0 atom stereocenters. The van der Waals surface area contributed by atoms with Crippen molar-refractivity contribution in [2.75, 3.05) is 0 Å². The van der Waals surface area contributed by atoms with Crippen LogP contribution in [0.1, 0.15) is 0 Å². The van der Waals surface area contributed by atoms with Gasteiger partial charge in [0.2, 0.25) is 0 Å². The molecule has 0 saturated heterocycles. The van der Waals surface area contributed by atoms with E-state index in [9.17, 15) is 31.3 Å². The van der Waals surface area contributed by atoms with Crippen molar-refractivity contribution < 1.29 is 40.8 Å². The SMILES string of the molecule is O=C(Oc1ccc(I)cc1)/C(F)=C(/F)C(=O)Oc1cc(I)c(S(=O)(=O)[O-])c(I)c1. The van der Waals surface area contributed by atoms with Crippen molar-refractivity contribution in [1.82, 2.24) is 0 Å². The van der Waals surface area contributed by atoms with E-state index in [0.717, 1.165) is 15.7 Å². The second-order valence-electron chi connectivity index (χ2n) is 5.03. The zero-order valence-corrected chi connectivity index (χ0v) is 20.9. The molecule has 2 aromatic carbocycles. The van der Waals surface area contributed by atoms with Crippen LogP contribution in [-0.2, 0) is 19.7 Å². The first kappa shape index (κ1) is 24.4. The topological polar surface area (TPSA) is 110 Å². The average Bonchev–Trinajstić information content (AvgIpc) is 2.60. The quantitative estimate of drug-likeness (QED) is 0.149. The maximum atomic E-state index is 13.9. The Labute approximate surface area is 204 Å². The van der Waals surface area contributed by atoms with Gasteiger partial charge in [-0.05, 0) is 104 Å². The van der Waals surface area contributed by atoms with Crippen LogP contribution in [0, 0.1) is 10.7 Å². The number of rotatable bonds is 5. The van der Waals surface area contributed by atoms with E-state index >= 15 is 0 Å². The molecule has 0 saturated carbocycles. The minimum Gasteiger partial charge on any atom is -0.744 e. The van der Waals surface area contributed by atoms with Gasteiger partial charge in [0.05, 0.1) is 4.90 Å². The van der Waals surface area contributed by atoms with Crippen LogP contribution in [0.4, 0.5) is 8.78 Å². The number of hydrogen-bond acceptors (Lipinski definition) is 7. The Balaban J connectivity index is 2.20. The molecule has 0 bridgehead atoms. The second-order valence-corrected chi connectivity index (χ2v) is 9.92. The number of carbonyl (C=O) groups excluding carboxylic acids is 2. The molecule has 0 aliphatic heterocycles. The molecule has 2 rings (SSSR count). The smallest absolute Gasteiger partial charge is 0.376 e. The van der Waals surface area contributed by atoms with Crippen molar-refractivity contribution in [1.29, 1.82) is 0 Å². The van der Waals surface area contributed by atoms with Gasteiger partial charge in [0.1, 0.15) is 21.6 Å². The Morgan fingerprint density at radius 2 is 1.24 bits per heavy atom. The number of ether oxygens (including phenoxy) is 2. The lowest BCUT2D eigenvalue weighted by molar-refractivity contribution is -0.135. The molecular formula is C16H6F2I3O7S-. The fraction of sp³-hybridized carbons (Fsp3) is 0. The molecule has 0 fully saturated rings. The summed E-state index contributed by atoms with van der Waals surface area (Å²) in [7, 11) is -4.79. The maximum Gasteiger partial charge on any atom is 0.376 e. The molecule has 0 aromatic heterocycles. The van der Waals surface area contributed by atoms with E-state index in [1.54, 1.807) is 12.1 Å². The van der Waals surface area contributed by atoms with Crippen molar-refractivity contribution in [3.8, 4) is 11.5 Å². The monoisotopic (exact) mass is 761 g/mol. The first-order valence-corrected chi connectivity index (χ1v) is 11.7.